The van der Waals surface area contributed by atoms with E-state index < -0.39 is 0 Å². The van der Waals surface area contributed by atoms with Crippen LogP contribution < -0.4 is 20.4 Å². The van der Waals surface area contributed by atoms with Crippen molar-refractivity contribution in [3.8, 4) is 11.5 Å². The van der Waals surface area contributed by atoms with E-state index in [2.05, 4.69) is 5.32 Å². The second kappa shape index (κ2) is 9.35. The predicted octanol–water partition coefficient (Wildman–Crippen LogP) is 2.99. The molecule has 32 heavy (non-hydrogen) atoms. The van der Waals surface area contributed by atoms with Gasteiger partial charge in [-0.2, -0.15) is 11.8 Å². The highest BCUT2D eigenvalue weighted by atomic mass is 32.2. The third-order valence-corrected chi connectivity index (χ3v) is 6.89. The van der Waals surface area contributed by atoms with E-state index in [1.807, 2.05) is 26.2 Å². The second-order valence-electron chi connectivity index (χ2n) is 9.13. The summed E-state index contributed by atoms with van der Waals surface area (Å²) >= 11 is 1.67. The van der Waals surface area contributed by atoms with Gasteiger partial charge in [-0.3, -0.25) is 4.79 Å². The van der Waals surface area contributed by atoms with E-state index in [-0.39, 0.29) is 36.4 Å². The summed E-state index contributed by atoms with van der Waals surface area (Å²) in [6, 6.07) is 1.53. The van der Waals surface area contributed by atoms with E-state index >= 15 is 0 Å². The standard InChI is InChI=1S/C24H31NO6S/c1-24(2)9-7-17-18(31-24)11-19(29-13-20(27)25-14(12-26)8-10-32-3)21-15-5-4-6-16(15)23(28)30-22(17)21/h11,14,26H,4-10,12-13H2,1-3H3,(H,25,27). The zero-order chi connectivity index (χ0) is 22.9. The van der Waals surface area contributed by atoms with E-state index in [0.29, 0.717) is 35.5 Å². The van der Waals surface area contributed by atoms with Gasteiger partial charge in [0.05, 0.1) is 18.0 Å². The lowest BCUT2D eigenvalue weighted by molar-refractivity contribution is -0.124. The van der Waals surface area contributed by atoms with Gasteiger partial charge in [-0.25, -0.2) is 4.79 Å². The second-order valence-corrected chi connectivity index (χ2v) is 10.1. The van der Waals surface area contributed by atoms with Gasteiger partial charge < -0.3 is 24.3 Å². The Balaban J connectivity index is 1.67. The number of hydrogen-bond donors (Lipinski definition) is 2. The lowest BCUT2D eigenvalue weighted by Crippen LogP contribution is -2.40. The number of rotatable bonds is 8. The van der Waals surface area contributed by atoms with Crippen LogP contribution in [0.1, 0.15) is 49.8 Å². The maximum atomic E-state index is 12.6. The van der Waals surface area contributed by atoms with Crippen molar-refractivity contribution in [3.63, 3.8) is 0 Å². The molecule has 0 saturated heterocycles. The predicted molar refractivity (Wildman–Crippen MR) is 125 cm³/mol. The van der Waals surface area contributed by atoms with Crippen molar-refractivity contribution < 1.29 is 23.8 Å². The number of fused-ring (bicyclic) bond motifs is 5. The molecule has 0 saturated carbocycles. The highest BCUT2D eigenvalue weighted by molar-refractivity contribution is 7.98. The Bertz CT molecular complexity index is 1080. The Morgan fingerprint density at radius 2 is 2.06 bits per heavy atom. The number of aliphatic hydroxyl groups is 1. The van der Waals surface area contributed by atoms with Crippen LogP contribution in [0.3, 0.4) is 0 Å². The summed E-state index contributed by atoms with van der Waals surface area (Å²) in [6.07, 6.45) is 6.61. The number of ether oxygens (including phenoxy) is 2. The fraction of sp³-hybridized carbons (Fsp3) is 0.583. The molecule has 1 atom stereocenters. The molecule has 1 aliphatic heterocycles. The van der Waals surface area contributed by atoms with Crippen LogP contribution in [-0.4, -0.2) is 47.9 Å². The van der Waals surface area contributed by atoms with Gasteiger partial charge in [0.25, 0.3) is 5.91 Å². The Hall–Kier alpha value is -2.19. The van der Waals surface area contributed by atoms with Crippen LogP contribution in [0.2, 0.25) is 0 Å². The monoisotopic (exact) mass is 461 g/mol. The van der Waals surface area contributed by atoms with Crippen LogP contribution in [-0.2, 0) is 24.1 Å². The van der Waals surface area contributed by atoms with Crippen molar-refractivity contribution in [3.05, 3.63) is 33.2 Å². The summed E-state index contributed by atoms with van der Waals surface area (Å²) in [4.78, 5) is 25.1. The van der Waals surface area contributed by atoms with Gasteiger partial charge in [-0.05, 0) is 69.9 Å². The molecule has 1 unspecified atom stereocenters. The first-order chi connectivity index (χ1) is 15.3. The molecule has 1 aromatic heterocycles. The van der Waals surface area contributed by atoms with Gasteiger partial charge in [-0.15, -0.1) is 0 Å². The van der Waals surface area contributed by atoms with E-state index in [1.165, 1.54) is 0 Å². The van der Waals surface area contributed by atoms with E-state index in [1.54, 1.807) is 11.8 Å². The molecule has 2 heterocycles. The number of nitrogens with one attached hydrogen (secondary N) is 1. The zero-order valence-electron chi connectivity index (χ0n) is 18.9. The van der Waals surface area contributed by atoms with Gasteiger partial charge in [0.1, 0.15) is 22.7 Å². The molecular formula is C24H31NO6S. The van der Waals surface area contributed by atoms with Crippen molar-refractivity contribution in [2.45, 2.75) is 64.0 Å². The number of benzene rings is 1. The number of amides is 1. The summed E-state index contributed by atoms with van der Waals surface area (Å²) in [5.41, 5.74) is 2.46. The van der Waals surface area contributed by atoms with Crippen LogP contribution in [0.15, 0.2) is 15.3 Å². The average Bonchev–Trinajstić information content (AvgIpc) is 3.24. The number of thioether (sulfide) groups is 1. The molecule has 1 amide bonds. The Labute approximate surface area is 191 Å². The van der Waals surface area contributed by atoms with E-state index in [0.717, 1.165) is 47.9 Å². The van der Waals surface area contributed by atoms with Crippen LogP contribution >= 0.6 is 11.8 Å². The number of carbonyl (C=O) groups excluding carboxylic acids is 1. The molecular weight excluding hydrogens is 430 g/mol. The summed E-state index contributed by atoms with van der Waals surface area (Å²) in [5, 5.41) is 13.1. The van der Waals surface area contributed by atoms with Crippen molar-refractivity contribution >= 4 is 28.6 Å². The molecule has 0 bridgehead atoms. The highest BCUT2D eigenvalue weighted by Gasteiger charge is 2.32. The maximum absolute atomic E-state index is 12.6. The first kappa shape index (κ1) is 23.0. The molecule has 1 aliphatic carbocycles. The summed E-state index contributed by atoms with van der Waals surface area (Å²) < 4.78 is 18.0. The third-order valence-electron chi connectivity index (χ3n) is 6.25. The topological polar surface area (TPSA) is 98.0 Å². The van der Waals surface area contributed by atoms with Crippen LogP contribution in [0.4, 0.5) is 0 Å². The largest absolute Gasteiger partial charge is 0.487 e. The minimum atomic E-state index is -0.335. The van der Waals surface area contributed by atoms with Gasteiger partial charge in [0, 0.05) is 17.2 Å². The van der Waals surface area contributed by atoms with Crippen LogP contribution in [0.25, 0.3) is 11.0 Å². The highest BCUT2D eigenvalue weighted by Crippen LogP contribution is 2.44. The summed E-state index contributed by atoms with van der Waals surface area (Å²) in [5.74, 6) is 1.68. The van der Waals surface area contributed by atoms with Gasteiger partial charge in [0.15, 0.2) is 6.61 Å². The number of hydrogen-bond acceptors (Lipinski definition) is 7. The first-order valence-electron chi connectivity index (χ1n) is 11.2. The summed E-state index contributed by atoms with van der Waals surface area (Å²) in [6.45, 7) is 3.74. The van der Waals surface area contributed by atoms with Crippen molar-refractivity contribution in [2.24, 2.45) is 0 Å². The normalized spacial score (nSPS) is 17.4. The summed E-state index contributed by atoms with van der Waals surface area (Å²) in [7, 11) is 0. The van der Waals surface area contributed by atoms with Gasteiger partial charge in [0.2, 0.25) is 0 Å². The fourth-order valence-electron chi connectivity index (χ4n) is 4.55. The molecule has 8 heteroatoms. The first-order valence-corrected chi connectivity index (χ1v) is 12.6. The molecule has 174 valence electrons. The van der Waals surface area contributed by atoms with Crippen molar-refractivity contribution in [1.82, 2.24) is 5.32 Å². The minimum absolute atomic E-state index is 0.115. The molecule has 2 N–H and O–H groups in total. The van der Waals surface area contributed by atoms with E-state index in [4.69, 9.17) is 13.9 Å². The molecule has 4 rings (SSSR count). The Kier molecular flexibility index (Phi) is 6.72. The Morgan fingerprint density at radius 1 is 1.28 bits per heavy atom. The molecule has 0 radical (unpaired) electrons. The van der Waals surface area contributed by atoms with E-state index in [9.17, 15) is 14.7 Å². The zero-order valence-corrected chi connectivity index (χ0v) is 19.7. The van der Waals surface area contributed by atoms with Gasteiger partial charge in [-0.1, -0.05) is 0 Å². The molecule has 2 aromatic rings. The quantitative estimate of drug-likeness (QED) is 0.583. The number of aryl methyl sites for hydroxylation is 2. The Morgan fingerprint density at radius 3 is 2.81 bits per heavy atom. The maximum Gasteiger partial charge on any atom is 0.339 e. The molecule has 0 spiro atoms. The van der Waals surface area contributed by atoms with Crippen molar-refractivity contribution in [2.75, 3.05) is 25.2 Å². The third kappa shape index (κ3) is 4.62. The van der Waals surface area contributed by atoms with Crippen LogP contribution in [0.5, 0.6) is 11.5 Å². The average molecular weight is 462 g/mol. The lowest BCUT2D eigenvalue weighted by Gasteiger charge is -2.33. The van der Waals surface area contributed by atoms with Crippen molar-refractivity contribution in [1.29, 1.82) is 0 Å². The fourth-order valence-corrected chi connectivity index (χ4v) is 5.07. The minimum Gasteiger partial charge on any atom is -0.487 e. The molecule has 0 fully saturated rings. The molecule has 1 aromatic carbocycles. The molecule has 2 aliphatic rings. The van der Waals surface area contributed by atoms with Crippen LogP contribution in [0, 0.1) is 0 Å². The smallest absolute Gasteiger partial charge is 0.339 e. The number of aliphatic hydroxyl groups excluding tert-OH is 1. The lowest BCUT2D eigenvalue weighted by atomic mass is 9.91. The molecule has 7 nitrogen and oxygen atoms in total. The SMILES string of the molecule is CSCCC(CO)NC(=O)COc1cc2c(c3oc(=O)c4c(c13)CCC4)CCC(C)(C)O2. The number of carbonyl (C=O) groups is 1. The van der Waals surface area contributed by atoms with Gasteiger partial charge >= 0.3 is 5.63 Å².